The summed E-state index contributed by atoms with van der Waals surface area (Å²) in [5, 5.41) is 278. The number of benzene rings is 9. The average Bonchev–Trinajstić information content (AvgIpc) is 3.75. The average molecular weight is 987 g/mol. The van der Waals surface area contributed by atoms with Gasteiger partial charge in [-0.25, -0.2) is 0 Å². The van der Waals surface area contributed by atoms with Crippen LogP contribution in [0.2, 0.25) is 0 Å². The summed E-state index contributed by atoms with van der Waals surface area (Å²) < 4.78 is 5.58. The van der Waals surface area contributed by atoms with Gasteiger partial charge in [0.25, 0.3) is 0 Å². The summed E-state index contributed by atoms with van der Waals surface area (Å²) in [6.45, 7) is 0. The minimum absolute atomic E-state index is 1.08. The molecule has 26 N–H and O–H groups in total. The number of phenols is 26. The van der Waals surface area contributed by atoms with Crippen LogP contribution in [0.4, 0.5) is 0 Å². The molecule has 1 heterocycles. The molecule has 0 aliphatic rings. The van der Waals surface area contributed by atoms with Crippen molar-refractivity contribution in [3.05, 3.63) is 0 Å². The molecular formula is C44H26O27. The lowest BCUT2D eigenvalue weighted by atomic mass is 9.80. The van der Waals surface area contributed by atoms with Gasteiger partial charge in [-0.15, -0.1) is 0 Å². The molecular weight excluding hydrogens is 960 g/mol. The molecule has 71 heavy (non-hydrogen) atoms. The molecule has 364 valence electrons. The van der Waals surface area contributed by atoms with Crippen LogP contribution in [0.15, 0.2) is 4.42 Å². The second kappa shape index (κ2) is 13.3. The summed E-state index contributed by atoms with van der Waals surface area (Å²) in [6.07, 6.45) is 0. The van der Waals surface area contributed by atoms with E-state index in [9.17, 15) is 133 Å². The van der Waals surface area contributed by atoms with Gasteiger partial charge >= 0.3 is 0 Å². The van der Waals surface area contributed by atoms with Gasteiger partial charge < -0.3 is 137 Å². The van der Waals surface area contributed by atoms with Gasteiger partial charge in [-0.1, -0.05) is 0 Å². The fourth-order valence-electron chi connectivity index (χ4n) is 9.29. The summed E-state index contributed by atoms with van der Waals surface area (Å²) in [5.74, 6) is -42.7. The van der Waals surface area contributed by atoms with Crippen molar-refractivity contribution in [1.29, 1.82) is 0 Å². The van der Waals surface area contributed by atoms with Crippen molar-refractivity contribution in [1.82, 2.24) is 0 Å². The Kier molecular flexibility index (Phi) is 8.18. The zero-order chi connectivity index (χ0) is 52.1. The van der Waals surface area contributed by atoms with Crippen LogP contribution in [0.3, 0.4) is 0 Å². The van der Waals surface area contributed by atoms with Crippen LogP contribution in [0, 0.1) is 0 Å². The van der Waals surface area contributed by atoms with Crippen molar-refractivity contribution < 1.29 is 137 Å². The predicted molar refractivity (Wildman–Crippen MR) is 235 cm³/mol. The molecule has 0 aliphatic carbocycles. The van der Waals surface area contributed by atoms with Crippen LogP contribution in [0.25, 0.3) is 98.1 Å². The Balaban J connectivity index is 1.62. The Morgan fingerprint density at radius 1 is 0.127 bits per heavy atom. The van der Waals surface area contributed by atoms with Crippen LogP contribution >= 0.6 is 0 Å². The molecule has 0 fully saturated rings. The lowest BCUT2D eigenvalue weighted by Crippen LogP contribution is -1.97. The topological polar surface area (TPSA) is 539 Å². The Bertz CT molecular complexity index is 4200. The fraction of sp³-hybridized carbons (Fsp3) is 0. The highest BCUT2D eigenvalue weighted by Crippen LogP contribution is 2.69. The van der Waals surface area contributed by atoms with Crippen LogP contribution in [-0.2, 0) is 0 Å². The molecule has 0 saturated carbocycles. The molecule has 0 saturated heterocycles. The maximum absolute atomic E-state index is 12.0. The van der Waals surface area contributed by atoms with Crippen LogP contribution in [-0.4, -0.2) is 133 Å². The number of aromatic hydroxyl groups is 26. The summed E-state index contributed by atoms with van der Waals surface area (Å²) in [7, 11) is 0. The monoisotopic (exact) mass is 986 g/mol. The predicted octanol–water partition coefficient (Wildman–Crippen LogP) is 5.03. The second-order valence-electron chi connectivity index (χ2n) is 15.8. The van der Waals surface area contributed by atoms with Crippen LogP contribution in [0.1, 0.15) is 0 Å². The maximum Gasteiger partial charge on any atom is 0.205 e. The lowest BCUT2D eigenvalue weighted by Gasteiger charge is -2.25. The lowest BCUT2D eigenvalue weighted by molar-refractivity contribution is 0.349. The first-order valence-electron chi connectivity index (χ1n) is 19.2. The van der Waals surface area contributed by atoms with Gasteiger partial charge in [-0.2, -0.15) is 0 Å². The van der Waals surface area contributed by atoms with E-state index in [0.29, 0.717) is 0 Å². The molecule has 0 amide bonds. The normalized spacial score (nSPS) is 12.0. The van der Waals surface area contributed by atoms with E-state index in [1.807, 2.05) is 0 Å². The SMILES string of the molecule is Oc1c(O)c(-c2c3c(O)c(O)c(O)c(O)c3c(-c3c(O)c(O)c(O)c4c(O)c(O)c5c(O)c(O)c(O)c(O)c5c34)c3c(O)c(O)c(O)c(O)c23)c2c(oc3c(O)c4c(O)c(O)c(O)c(O)c4c(O)c32)c1O. The van der Waals surface area contributed by atoms with Gasteiger partial charge in [-0.3, -0.25) is 0 Å². The standard InChI is InChI=1S/C44H26O27/c45-17-14-15(30(58)40(68)39(67)29(14)57)31(59)44-16(17)11-9(23(51)41(69)42(70)43(11)71-44)2-7-5(19(47)33(61)35(63)21(7)49)1(6-8(2)22(50)36(64)34(62)20(6)48)4-3-10-13(28(56)38(66)37(65)24(10)52)26(54)25(53)12(3)27(55)32(60)18(4)46/h45-70H. The molecule has 0 aliphatic heterocycles. The van der Waals surface area contributed by atoms with Crippen molar-refractivity contribution >= 4 is 75.8 Å². The minimum atomic E-state index is -1.78. The summed E-state index contributed by atoms with van der Waals surface area (Å²) in [6, 6.07) is 0. The van der Waals surface area contributed by atoms with Crippen molar-refractivity contribution in [2.45, 2.75) is 0 Å². The molecule has 0 unspecified atom stereocenters. The van der Waals surface area contributed by atoms with E-state index in [4.69, 9.17) is 4.42 Å². The highest BCUT2D eigenvalue weighted by atomic mass is 16.4. The molecule has 0 radical (unpaired) electrons. The van der Waals surface area contributed by atoms with E-state index in [-0.39, 0.29) is 0 Å². The van der Waals surface area contributed by atoms with E-state index in [1.165, 1.54) is 0 Å². The first kappa shape index (κ1) is 43.8. The van der Waals surface area contributed by atoms with Crippen molar-refractivity contribution in [3.8, 4) is 172 Å². The summed E-state index contributed by atoms with van der Waals surface area (Å²) in [5.41, 5.74) is -7.85. The zero-order valence-corrected chi connectivity index (χ0v) is 34.0. The molecule has 0 spiro atoms. The van der Waals surface area contributed by atoms with Gasteiger partial charge in [-0.05, 0) is 0 Å². The third-order valence-corrected chi connectivity index (χ3v) is 12.4. The van der Waals surface area contributed by atoms with E-state index in [2.05, 4.69) is 0 Å². The fourth-order valence-corrected chi connectivity index (χ4v) is 9.29. The maximum atomic E-state index is 12.0. The Hall–Kier alpha value is -11.1. The molecule has 27 nitrogen and oxygen atoms in total. The van der Waals surface area contributed by atoms with Gasteiger partial charge in [0.2, 0.25) is 63.2 Å². The summed E-state index contributed by atoms with van der Waals surface area (Å²) >= 11 is 0. The minimum Gasteiger partial charge on any atom is -0.506 e. The molecule has 10 aromatic rings. The summed E-state index contributed by atoms with van der Waals surface area (Å²) in [4.78, 5) is 0. The van der Waals surface area contributed by atoms with Crippen molar-refractivity contribution in [2.24, 2.45) is 0 Å². The van der Waals surface area contributed by atoms with Crippen LogP contribution < -0.4 is 0 Å². The quantitative estimate of drug-likeness (QED) is 0.0467. The van der Waals surface area contributed by atoms with E-state index < -0.39 is 248 Å². The third-order valence-electron chi connectivity index (χ3n) is 12.4. The molecule has 27 heteroatoms. The molecule has 10 rings (SSSR count). The van der Waals surface area contributed by atoms with E-state index >= 15 is 0 Å². The number of rotatable bonds is 2. The van der Waals surface area contributed by atoms with E-state index in [0.717, 1.165) is 0 Å². The van der Waals surface area contributed by atoms with Crippen molar-refractivity contribution in [3.63, 3.8) is 0 Å². The Morgan fingerprint density at radius 2 is 0.352 bits per heavy atom. The first-order valence-corrected chi connectivity index (χ1v) is 19.2. The van der Waals surface area contributed by atoms with Crippen molar-refractivity contribution in [2.75, 3.05) is 0 Å². The number of phenolic OH excluding ortho intramolecular Hbond substituents is 26. The molecule has 1 aromatic heterocycles. The smallest absolute Gasteiger partial charge is 0.205 e. The van der Waals surface area contributed by atoms with Gasteiger partial charge in [0.15, 0.2) is 91.7 Å². The number of hydrogen-bond acceptors (Lipinski definition) is 27. The Labute approximate surface area is 384 Å². The van der Waals surface area contributed by atoms with Gasteiger partial charge in [0.05, 0.1) is 26.9 Å². The van der Waals surface area contributed by atoms with E-state index in [1.54, 1.807) is 0 Å². The Morgan fingerprint density at radius 3 is 0.718 bits per heavy atom. The van der Waals surface area contributed by atoms with Gasteiger partial charge in [0, 0.05) is 60.0 Å². The highest BCUT2D eigenvalue weighted by molar-refractivity contribution is 6.37. The second-order valence-corrected chi connectivity index (χ2v) is 15.8. The molecule has 9 aromatic carbocycles. The zero-order valence-electron chi connectivity index (χ0n) is 34.0. The number of hydrogen-bond donors (Lipinski definition) is 26. The van der Waals surface area contributed by atoms with Crippen LogP contribution in [0.5, 0.6) is 149 Å². The van der Waals surface area contributed by atoms with Gasteiger partial charge in [0.1, 0.15) is 5.75 Å². The largest absolute Gasteiger partial charge is 0.506 e. The molecule has 0 bridgehead atoms. The number of furan rings is 1. The molecule has 0 atom stereocenters. The third kappa shape index (κ3) is 4.72. The first-order chi connectivity index (χ1) is 33.2. The highest BCUT2D eigenvalue weighted by Gasteiger charge is 2.40. The number of fused-ring (bicyclic) bond motifs is 9.